The molecule has 2 rings (SSSR count). The van der Waals surface area contributed by atoms with Crippen molar-refractivity contribution in [3.05, 3.63) is 41.5 Å². The third-order valence-corrected chi connectivity index (χ3v) is 4.43. The molecule has 1 aromatic carbocycles. The maximum Gasteiger partial charge on any atom is 0.323 e. The van der Waals surface area contributed by atoms with Gasteiger partial charge in [-0.3, -0.25) is 10.1 Å². The molecule has 0 aromatic heterocycles. The third kappa shape index (κ3) is 5.60. The molecule has 5 atom stereocenters. The Bertz CT molecular complexity index is 703. The largest absolute Gasteiger partial charge is 0.394 e. The van der Waals surface area contributed by atoms with E-state index in [0.717, 1.165) is 5.56 Å². The van der Waals surface area contributed by atoms with Crippen LogP contribution in [0.25, 0.3) is 6.08 Å². The first-order valence-corrected chi connectivity index (χ1v) is 8.93. The van der Waals surface area contributed by atoms with Crippen LogP contribution in [0, 0.1) is 0 Å². The van der Waals surface area contributed by atoms with E-state index in [9.17, 15) is 24.9 Å². The number of aliphatic hydroxyl groups excluding tert-OH is 4. The SMILES string of the molecule is CC(C)c1ccc(/C=C/C(=O)NC(=O)N[C@@H]2O[C@H](CO)[C@@H](O)[C@H](O)[C@H]2O)cc1. The van der Waals surface area contributed by atoms with E-state index < -0.39 is 49.2 Å². The summed E-state index contributed by atoms with van der Waals surface area (Å²) in [6.45, 7) is 3.53. The Morgan fingerprint density at radius 1 is 1.11 bits per heavy atom. The summed E-state index contributed by atoms with van der Waals surface area (Å²) in [5.74, 6) is -0.303. The summed E-state index contributed by atoms with van der Waals surface area (Å²) in [5, 5.41) is 42.6. The van der Waals surface area contributed by atoms with Gasteiger partial charge in [-0.15, -0.1) is 0 Å². The van der Waals surface area contributed by atoms with Gasteiger partial charge < -0.3 is 30.5 Å². The van der Waals surface area contributed by atoms with Gasteiger partial charge in [-0.05, 0) is 23.1 Å². The van der Waals surface area contributed by atoms with Crippen molar-refractivity contribution >= 4 is 18.0 Å². The summed E-state index contributed by atoms with van der Waals surface area (Å²) < 4.78 is 5.13. The van der Waals surface area contributed by atoms with Crippen molar-refractivity contribution in [3.8, 4) is 0 Å². The summed E-state index contributed by atoms with van der Waals surface area (Å²) in [6.07, 6.45) is -4.64. The second kappa shape index (κ2) is 9.76. The van der Waals surface area contributed by atoms with Crippen LogP contribution in [0.15, 0.2) is 30.3 Å². The maximum atomic E-state index is 11.9. The van der Waals surface area contributed by atoms with E-state index in [-0.39, 0.29) is 0 Å². The van der Waals surface area contributed by atoms with E-state index in [1.165, 1.54) is 11.6 Å². The summed E-state index contributed by atoms with van der Waals surface area (Å²) in [4.78, 5) is 23.8. The first-order valence-electron chi connectivity index (χ1n) is 8.93. The molecule has 6 N–H and O–H groups in total. The van der Waals surface area contributed by atoms with Crippen LogP contribution in [-0.2, 0) is 9.53 Å². The van der Waals surface area contributed by atoms with Crippen LogP contribution in [0.5, 0.6) is 0 Å². The van der Waals surface area contributed by atoms with Crippen molar-refractivity contribution < 1.29 is 34.8 Å². The predicted octanol–water partition coefficient (Wildman–Crippen LogP) is -0.551. The van der Waals surface area contributed by atoms with Crippen molar-refractivity contribution in [2.24, 2.45) is 0 Å². The molecule has 0 saturated carbocycles. The summed E-state index contributed by atoms with van der Waals surface area (Å²) >= 11 is 0. The number of hydrogen-bond acceptors (Lipinski definition) is 7. The highest BCUT2D eigenvalue weighted by Gasteiger charge is 2.44. The Hall–Kier alpha value is -2.30. The zero-order valence-electron chi connectivity index (χ0n) is 15.6. The van der Waals surface area contributed by atoms with Gasteiger partial charge in [0.2, 0.25) is 0 Å². The molecular weight excluding hydrogens is 368 g/mol. The molecule has 28 heavy (non-hydrogen) atoms. The molecule has 154 valence electrons. The molecule has 0 aliphatic carbocycles. The molecule has 9 heteroatoms. The number of amides is 3. The van der Waals surface area contributed by atoms with E-state index in [1.54, 1.807) is 6.08 Å². The van der Waals surface area contributed by atoms with E-state index in [4.69, 9.17) is 9.84 Å². The summed E-state index contributed by atoms with van der Waals surface area (Å²) in [7, 11) is 0. The first-order chi connectivity index (χ1) is 13.2. The van der Waals surface area contributed by atoms with Crippen molar-refractivity contribution in [1.82, 2.24) is 10.6 Å². The molecule has 9 nitrogen and oxygen atoms in total. The van der Waals surface area contributed by atoms with Crippen LogP contribution >= 0.6 is 0 Å². The van der Waals surface area contributed by atoms with Gasteiger partial charge in [0.1, 0.15) is 24.4 Å². The lowest BCUT2D eigenvalue weighted by molar-refractivity contribution is -0.233. The number of aliphatic hydroxyl groups is 4. The standard InChI is InChI=1S/C19H26N2O7/c1-10(2)12-6-3-11(4-7-12)5-8-14(23)20-19(27)21-18-17(26)16(25)15(24)13(9-22)28-18/h3-8,10,13,15-18,22,24-26H,9H2,1-2H3,(H2,20,21,23,27)/b8-5+/t13-,15-,16+,17-,18-/m1/s1. The number of hydrogen-bond donors (Lipinski definition) is 6. The van der Waals surface area contributed by atoms with Crippen molar-refractivity contribution in [1.29, 1.82) is 0 Å². The van der Waals surface area contributed by atoms with E-state index >= 15 is 0 Å². The fraction of sp³-hybridized carbons (Fsp3) is 0.474. The normalized spacial score (nSPS) is 27.8. The average molecular weight is 394 g/mol. The minimum atomic E-state index is -1.63. The van der Waals surface area contributed by atoms with Crippen LogP contribution in [-0.4, -0.2) is 69.6 Å². The van der Waals surface area contributed by atoms with Crippen LogP contribution < -0.4 is 10.6 Å². The van der Waals surface area contributed by atoms with Crippen molar-refractivity contribution in [2.75, 3.05) is 6.61 Å². The highest BCUT2D eigenvalue weighted by atomic mass is 16.6. The zero-order chi connectivity index (χ0) is 20.8. The fourth-order valence-electron chi connectivity index (χ4n) is 2.70. The molecule has 0 spiro atoms. The highest BCUT2D eigenvalue weighted by Crippen LogP contribution is 2.19. The topological polar surface area (TPSA) is 148 Å². The molecule has 0 radical (unpaired) electrons. The number of carbonyl (C=O) groups is 2. The summed E-state index contributed by atoms with van der Waals surface area (Å²) in [6, 6.07) is 6.65. The number of ether oxygens (including phenoxy) is 1. The smallest absolute Gasteiger partial charge is 0.323 e. The van der Waals surface area contributed by atoms with Gasteiger partial charge in [-0.1, -0.05) is 38.1 Å². The van der Waals surface area contributed by atoms with Gasteiger partial charge in [-0.25, -0.2) is 4.79 Å². The Kier molecular flexibility index (Phi) is 7.67. The highest BCUT2D eigenvalue weighted by molar-refractivity contribution is 6.02. The third-order valence-electron chi connectivity index (χ3n) is 4.43. The van der Waals surface area contributed by atoms with Gasteiger partial charge in [0, 0.05) is 6.08 Å². The predicted molar refractivity (Wildman–Crippen MR) is 100 cm³/mol. The molecule has 1 heterocycles. The van der Waals surface area contributed by atoms with Crippen molar-refractivity contribution in [2.45, 2.75) is 50.4 Å². The van der Waals surface area contributed by atoms with Gasteiger partial charge in [-0.2, -0.15) is 0 Å². The Labute approximate surface area is 162 Å². The molecule has 0 unspecified atom stereocenters. The maximum absolute atomic E-state index is 11.9. The quantitative estimate of drug-likeness (QED) is 0.367. The lowest BCUT2D eigenvalue weighted by Gasteiger charge is -2.39. The fourth-order valence-corrected chi connectivity index (χ4v) is 2.70. The lowest BCUT2D eigenvalue weighted by atomic mass is 9.98. The van der Waals surface area contributed by atoms with Crippen LogP contribution in [0.4, 0.5) is 4.79 Å². The van der Waals surface area contributed by atoms with Crippen molar-refractivity contribution in [3.63, 3.8) is 0 Å². The number of rotatable bonds is 5. The van der Waals surface area contributed by atoms with Gasteiger partial charge >= 0.3 is 6.03 Å². The molecule has 1 aliphatic rings. The zero-order valence-corrected chi connectivity index (χ0v) is 15.6. The van der Waals surface area contributed by atoms with E-state index in [0.29, 0.717) is 5.92 Å². The molecule has 1 saturated heterocycles. The number of imide groups is 1. The molecule has 1 fully saturated rings. The van der Waals surface area contributed by atoms with Crippen LogP contribution in [0.1, 0.15) is 30.9 Å². The Morgan fingerprint density at radius 2 is 1.75 bits per heavy atom. The number of benzene rings is 1. The molecular formula is C19H26N2O7. The molecule has 1 aliphatic heterocycles. The minimum Gasteiger partial charge on any atom is -0.394 e. The number of urea groups is 1. The number of carbonyl (C=O) groups excluding carboxylic acids is 2. The van der Waals surface area contributed by atoms with Gasteiger partial charge in [0.25, 0.3) is 5.91 Å². The first kappa shape index (κ1) is 22.0. The van der Waals surface area contributed by atoms with Crippen LogP contribution in [0.3, 0.4) is 0 Å². The van der Waals surface area contributed by atoms with E-state index in [1.807, 2.05) is 29.6 Å². The van der Waals surface area contributed by atoms with Crippen LogP contribution in [0.2, 0.25) is 0 Å². The minimum absolute atomic E-state index is 0.396. The lowest BCUT2D eigenvalue weighted by Crippen LogP contribution is -2.64. The molecule has 0 bridgehead atoms. The molecule has 3 amide bonds. The van der Waals surface area contributed by atoms with E-state index in [2.05, 4.69) is 19.2 Å². The monoisotopic (exact) mass is 394 g/mol. The Balaban J connectivity index is 1.88. The van der Waals surface area contributed by atoms with Gasteiger partial charge in [0.05, 0.1) is 6.61 Å². The second-order valence-corrected chi connectivity index (χ2v) is 6.87. The summed E-state index contributed by atoms with van der Waals surface area (Å²) in [5.41, 5.74) is 1.95. The Morgan fingerprint density at radius 3 is 2.32 bits per heavy atom. The number of nitrogens with one attached hydrogen (secondary N) is 2. The average Bonchev–Trinajstić information content (AvgIpc) is 2.67. The molecule has 1 aromatic rings. The second-order valence-electron chi connectivity index (χ2n) is 6.87. The van der Waals surface area contributed by atoms with Gasteiger partial charge in [0.15, 0.2) is 6.23 Å².